The molecule has 0 amide bonds. The molecule has 2 aromatic carbocycles. The van der Waals surface area contributed by atoms with Crippen LogP contribution in [0, 0.1) is 17.0 Å². The molecule has 27 heavy (non-hydrogen) atoms. The van der Waals surface area contributed by atoms with E-state index in [1.54, 1.807) is 55.2 Å². The van der Waals surface area contributed by atoms with Gasteiger partial charge in [0.2, 0.25) is 10.0 Å². The molecular weight excluding hydrogens is 368 g/mol. The van der Waals surface area contributed by atoms with Crippen LogP contribution in [0.2, 0.25) is 0 Å². The molecule has 140 valence electrons. The molecule has 3 aromatic rings. The number of hydrogen-bond donors (Lipinski definition) is 1. The third kappa shape index (κ3) is 3.88. The average molecular weight is 386 g/mol. The van der Waals surface area contributed by atoms with E-state index in [1.807, 2.05) is 6.07 Å². The summed E-state index contributed by atoms with van der Waals surface area (Å²) in [6, 6.07) is 12.1. The number of nitro benzene ring substituents is 1. The third-order valence-corrected chi connectivity index (χ3v) is 5.76. The predicted octanol–water partition coefficient (Wildman–Crippen LogP) is 2.70. The number of rotatable bonds is 6. The lowest BCUT2D eigenvalue weighted by Gasteiger charge is -2.20. The van der Waals surface area contributed by atoms with Crippen molar-refractivity contribution >= 4 is 15.7 Å². The predicted molar refractivity (Wildman–Crippen MR) is 99.6 cm³/mol. The van der Waals surface area contributed by atoms with Crippen LogP contribution in [0.25, 0.3) is 0 Å². The summed E-state index contributed by atoms with van der Waals surface area (Å²) in [5, 5.41) is 11.0. The van der Waals surface area contributed by atoms with E-state index in [1.165, 1.54) is 12.1 Å². The zero-order chi connectivity index (χ0) is 19.6. The maximum Gasteiger partial charge on any atom is 0.270 e. The molecule has 1 atom stereocenters. The van der Waals surface area contributed by atoms with Crippen molar-refractivity contribution in [1.29, 1.82) is 0 Å². The number of nitrogens with zero attached hydrogens (tertiary/aromatic N) is 3. The van der Waals surface area contributed by atoms with E-state index in [0.29, 0.717) is 17.0 Å². The third-order valence-electron chi connectivity index (χ3n) is 4.19. The van der Waals surface area contributed by atoms with Crippen molar-refractivity contribution in [1.82, 2.24) is 14.3 Å². The highest BCUT2D eigenvalue weighted by Gasteiger charge is 2.27. The van der Waals surface area contributed by atoms with Gasteiger partial charge in [-0.25, -0.2) is 13.4 Å². The maximum atomic E-state index is 13.0. The zero-order valence-electron chi connectivity index (χ0n) is 14.7. The van der Waals surface area contributed by atoms with Crippen molar-refractivity contribution in [2.75, 3.05) is 0 Å². The molecule has 0 radical (unpaired) electrons. The topological polar surface area (TPSA) is 107 Å². The second kappa shape index (κ2) is 7.29. The molecular formula is C18H18N4O4S. The standard InChI is InChI=1S/C18H18N4O4S/c1-13-8-9-15(22(23)24)12-16(13)27(25,26)20-17(14-6-4-3-5-7-14)18-19-10-11-21(18)2/h3-12,17,20H,1-2H3. The smallest absolute Gasteiger partial charge is 0.270 e. The summed E-state index contributed by atoms with van der Waals surface area (Å²) in [5.74, 6) is 0.507. The molecule has 1 N–H and O–H groups in total. The molecule has 0 aliphatic rings. The van der Waals surface area contributed by atoms with E-state index in [0.717, 1.165) is 6.07 Å². The number of imidazole rings is 1. The Morgan fingerprint density at radius 2 is 1.89 bits per heavy atom. The summed E-state index contributed by atoms with van der Waals surface area (Å²) in [5.41, 5.74) is 0.840. The SMILES string of the molecule is Cc1ccc([N+](=O)[O-])cc1S(=O)(=O)NC(c1ccccc1)c1nccn1C. The Hall–Kier alpha value is -3.04. The summed E-state index contributed by atoms with van der Waals surface area (Å²) in [6.45, 7) is 1.59. The van der Waals surface area contributed by atoms with Crippen LogP contribution in [0.4, 0.5) is 5.69 Å². The second-order valence-corrected chi connectivity index (χ2v) is 7.75. The zero-order valence-corrected chi connectivity index (χ0v) is 15.6. The van der Waals surface area contributed by atoms with Crippen molar-refractivity contribution in [2.45, 2.75) is 17.9 Å². The number of aryl methyl sites for hydroxylation is 2. The fraction of sp³-hybridized carbons (Fsp3) is 0.167. The molecule has 0 saturated carbocycles. The number of hydrogen-bond acceptors (Lipinski definition) is 5. The molecule has 1 heterocycles. The number of benzene rings is 2. The van der Waals surface area contributed by atoms with E-state index in [-0.39, 0.29) is 10.6 Å². The highest BCUT2D eigenvalue weighted by molar-refractivity contribution is 7.89. The van der Waals surface area contributed by atoms with Crippen molar-refractivity contribution in [3.8, 4) is 0 Å². The molecule has 0 spiro atoms. The van der Waals surface area contributed by atoms with Gasteiger partial charge >= 0.3 is 0 Å². The quantitative estimate of drug-likeness (QED) is 0.518. The molecule has 0 aliphatic heterocycles. The Morgan fingerprint density at radius 3 is 2.48 bits per heavy atom. The van der Waals surface area contributed by atoms with Crippen LogP contribution in [0.5, 0.6) is 0 Å². The Balaban J connectivity index is 2.07. The van der Waals surface area contributed by atoms with Crippen LogP contribution in [0.15, 0.2) is 65.8 Å². The summed E-state index contributed by atoms with van der Waals surface area (Å²) in [7, 11) is -2.28. The highest BCUT2D eigenvalue weighted by atomic mass is 32.2. The van der Waals surface area contributed by atoms with Gasteiger partial charge < -0.3 is 4.57 Å². The van der Waals surface area contributed by atoms with Crippen LogP contribution in [-0.4, -0.2) is 22.9 Å². The van der Waals surface area contributed by atoms with Crippen LogP contribution in [-0.2, 0) is 17.1 Å². The molecule has 0 bridgehead atoms. The molecule has 0 fully saturated rings. The summed E-state index contributed by atoms with van der Waals surface area (Å²) < 4.78 is 30.5. The van der Waals surface area contributed by atoms with Gasteiger partial charge in [-0.15, -0.1) is 0 Å². The number of aromatic nitrogens is 2. The average Bonchev–Trinajstić information content (AvgIpc) is 3.06. The van der Waals surface area contributed by atoms with Gasteiger partial charge in [0.25, 0.3) is 5.69 Å². The minimum atomic E-state index is -4.04. The van der Waals surface area contributed by atoms with E-state index in [2.05, 4.69) is 9.71 Å². The molecule has 1 aromatic heterocycles. The monoisotopic (exact) mass is 386 g/mol. The lowest BCUT2D eigenvalue weighted by molar-refractivity contribution is -0.385. The molecule has 3 rings (SSSR count). The minimum absolute atomic E-state index is 0.133. The van der Waals surface area contributed by atoms with Crippen LogP contribution in [0.1, 0.15) is 23.0 Å². The Labute approximate surface area is 156 Å². The molecule has 1 unspecified atom stereocenters. The number of non-ortho nitro benzene ring substituents is 1. The fourth-order valence-electron chi connectivity index (χ4n) is 2.78. The van der Waals surface area contributed by atoms with Gasteiger partial charge in [-0.1, -0.05) is 36.4 Å². The Morgan fingerprint density at radius 1 is 1.19 bits per heavy atom. The van der Waals surface area contributed by atoms with Gasteiger partial charge in [0, 0.05) is 31.6 Å². The van der Waals surface area contributed by atoms with Gasteiger partial charge in [-0.2, -0.15) is 4.72 Å². The van der Waals surface area contributed by atoms with Crippen LogP contribution >= 0.6 is 0 Å². The largest absolute Gasteiger partial charge is 0.336 e. The Bertz CT molecular complexity index is 1080. The molecule has 9 heteroatoms. The minimum Gasteiger partial charge on any atom is -0.336 e. The first-order valence-corrected chi connectivity index (χ1v) is 9.57. The normalized spacial score (nSPS) is 12.7. The first-order valence-electron chi connectivity index (χ1n) is 8.09. The lowest BCUT2D eigenvalue weighted by atomic mass is 10.1. The second-order valence-electron chi connectivity index (χ2n) is 6.07. The Kier molecular flexibility index (Phi) is 5.06. The molecule has 8 nitrogen and oxygen atoms in total. The fourth-order valence-corrected chi connectivity index (χ4v) is 4.23. The van der Waals surface area contributed by atoms with E-state index < -0.39 is 21.0 Å². The first kappa shape index (κ1) is 18.7. The van der Waals surface area contributed by atoms with Gasteiger partial charge in [0.15, 0.2) is 0 Å². The van der Waals surface area contributed by atoms with Crippen molar-refractivity contribution in [2.24, 2.45) is 7.05 Å². The highest BCUT2D eigenvalue weighted by Crippen LogP contribution is 2.26. The van der Waals surface area contributed by atoms with Gasteiger partial charge in [0.1, 0.15) is 11.9 Å². The maximum absolute atomic E-state index is 13.0. The number of nitro groups is 1. The van der Waals surface area contributed by atoms with Crippen LogP contribution < -0.4 is 4.72 Å². The summed E-state index contributed by atoms with van der Waals surface area (Å²) in [4.78, 5) is 14.6. The number of sulfonamides is 1. The van der Waals surface area contributed by atoms with E-state index in [4.69, 9.17) is 0 Å². The number of nitrogens with one attached hydrogen (secondary N) is 1. The van der Waals surface area contributed by atoms with E-state index in [9.17, 15) is 18.5 Å². The van der Waals surface area contributed by atoms with Crippen LogP contribution in [0.3, 0.4) is 0 Å². The lowest BCUT2D eigenvalue weighted by Crippen LogP contribution is -2.31. The summed E-state index contributed by atoms with van der Waals surface area (Å²) in [6.07, 6.45) is 3.30. The summed E-state index contributed by atoms with van der Waals surface area (Å²) >= 11 is 0. The first-order chi connectivity index (χ1) is 12.8. The van der Waals surface area contributed by atoms with Crippen molar-refractivity contribution in [3.05, 3.63) is 88.0 Å². The molecule has 0 aliphatic carbocycles. The van der Waals surface area contributed by atoms with Gasteiger partial charge in [0.05, 0.1) is 9.82 Å². The van der Waals surface area contributed by atoms with Gasteiger partial charge in [-0.05, 0) is 18.1 Å². The molecule has 0 saturated heterocycles. The van der Waals surface area contributed by atoms with Crippen molar-refractivity contribution in [3.63, 3.8) is 0 Å². The van der Waals surface area contributed by atoms with E-state index >= 15 is 0 Å². The van der Waals surface area contributed by atoms with Gasteiger partial charge in [-0.3, -0.25) is 10.1 Å². The van der Waals surface area contributed by atoms with Crippen molar-refractivity contribution < 1.29 is 13.3 Å².